The highest BCUT2D eigenvalue weighted by Crippen LogP contribution is 2.61. The Labute approximate surface area is 331 Å². The van der Waals surface area contributed by atoms with E-state index >= 15 is 0 Å². The molecule has 2 aliphatic carbocycles. The van der Waals surface area contributed by atoms with Crippen LogP contribution in [0.3, 0.4) is 0 Å². The number of hydrogen-bond donors (Lipinski definition) is 2. The molecule has 0 aromatic heterocycles. The summed E-state index contributed by atoms with van der Waals surface area (Å²) in [6.07, 6.45) is 10.2. The molecule has 10 nitrogen and oxygen atoms in total. The molecule has 6 atom stereocenters. The standard InChI is InChI=1S/C46H56N2O8/c1-4-26-52-36-22-23-41-39(29-36)43-37(21-13-15-25-50)35(20-12-14-24-49)28-38-40(47-55-32-34-18-10-7-11-19-34)30-42(46(56-41,44(38)43)54-27-5-2)48(3)45(51)53-31-33-16-8-6-9-17-33/h4-11,16-19,22-23,28-29,35,37,42-44,49-50H,1-2,12-15,20-21,24-27,30-32H2,3H3. The maximum Gasteiger partial charge on any atom is 0.410 e. The number of aliphatic hydroxyl groups is 2. The lowest BCUT2D eigenvalue weighted by Crippen LogP contribution is -2.69. The van der Waals surface area contributed by atoms with Gasteiger partial charge in [0.1, 0.15) is 37.4 Å². The molecule has 0 bridgehead atoms. The highest BCUT2D eigenvalue weighted by atomic mass is 16.7. The average molecular weight is 765 g/mol. The molecule has 298 valence electrons. The second-order valence-corrected chi connectivity index (χ2v) is 14.8. The van der Waals surface area contributed by atoms with Gasteiger partial charge >= 0.3 is 6.09 Å². The summed E-state index contributed by atoms with van der Waals surface area (Å²) in [6.45, 7) is 8.96. The third-order valence-corrected chi connectivity index (χ3v) is 11.2. The SMILES string of the molecule is C=CCOc1ccc2c(c1)C1C(CCCCO)C(CCCCO)C=C3C(=NOCc4ccccc4)CC(N(C)C(=O)OCc4ccccc4)C(OCC=C)(O2)C31. The van der Waals surface area contributed by atoms with Crippen LogP contribution in [0, 0.1) is 17.8 Å². The fourth-order valence-electron chi connectivity index (χ4n) is 8.68. The van der Waals surface area contributed by atoms with E-state index in [-0.39, 0.29) is 57.2 Å². The fourth-order valence-corrected chi connectivity index (χ4v) is 8.68. The van der Waals surface area contributed by atoms with E-state index in [4.69, 9.17) is 28.9 Å². The Morgan fingerprint density at radius 3 is 2.27 bits per heavy atom. The highest BCUT2D eigenvalue weighted by molar-refractivity contribution is 6.02. The number of rotatable bonds is 20. The number of allylic oxidation sites excluding steroid dienone is 1. The Balaban J connectivity index is 1.51. The molecule has 6 unspecified atom stereocenters. The number of amides is 1. The largest absolute Gasteiger partial charge is 0.490 e. The molecule has 3 aliphatic rings. The van der Waals surface area contributed by atoms with Crippen LogP contribution in [0.2, 0.25) is 0 Å². The molecule has 6 rings (SSSR count). The summed E-state index contributed by atoms with van der Waals surface area (Å²) in [5.41, 5.74) is 4.52. The number of ether oxygens (including phenoxy) is 4. The zero-order valence-electron chi connectivity index (χ0n) is 32.5. The predicted molar refractivity (Wildman–Crippen MR) is 216 cm³/mol. The Kier molecular flexibility index (Phi) is 14.4. The number of aliphatic hydroxyl groups excluding tert-OH is 2. The number of carbonyl (C=O) groups excluding carboxylic acids is 1. The molecule has 0 radical (unpaired) electrons. The number of likely N-dealkylation sites (N-methyl/N-ethyl adjacent to an activating group) is 1. The van der Waals surface area contributed by atoms with Crippen molar-refractivity contribution in [2.24, 2.45) is 22.9 Å². The molecule has 1 heterocycles. The van der Waals surface area contributed by atoms with Gasteiger partial charge in [0.25, 0.3) is 0 Å². The van der Waals surface area contributed by atoms with E-state index in [1.807, 2.05) is 72.8 Å². The normalized spacial score (nSPS) is 24.2. The zero-order valence-corrected chi connectivity index (χ0v) is 32.5. The van der Waals surface area contributed by atoms with Gasteiger partial charge in [-0.15, -0.1) is 6.58 Å². The van der Waals surface area contributed by atoms with Crippen molar-refractivity contribution in [3.63, 3.8) is 0 Å². The summed E-state index contributed by atoms with van der Waals surface area (Å²) in [5.74, 6) is -0.404. The molecular weight excluding hydrogens is 709 g/mol. The molecule has 0 spiro atoms. The highest BCUT2D eigenvalue weighted by Gasteiger charge is 2.65. The first-order chi connectivity index (χ1) is 27.4. The van der Waals surface area contributed by atoms with Crippen molar-refractivity contribution in [2.45, 2.75) is 75.9 Å². The summed E-state index contributed by atoms with van der Waals surface area (Å²) in [7, 11) is 1.73. The van der Waals surface area contributed by atoms with Crippen LogP contribution in [0.1, 0.15) is 67.6 Å². The molecule has 3 aromatic rings. The van der Waals surface area contributed by atoms with Crippen molar-refractivity contribution in [3.05, 3.63) is 133 Å². The Morgan fingerprint density at radius 2 is 1.59 bits per heavy atom. The monoisotopic (exact) mass is 764 g/mol. The molecule has 1 saturated carbocycles. The minimum atomic E-state index is -1.37. The maximum atomic E-state index is 14.1. The van der Waals surface area contributed by atoms with Crippen LogP contribution < -0.4 is 9.47 Å². The molecule has 10 heteroatoms. The van der Waals surface area contributed by atoms with Gasteiger partial charge in [-0.25, -0.2) is 4.79 Å². The topological polar surface area (TPSA) is 119 Å². The van der Waals surface area contributed by atoms with Crippen molar-refractivity contribution in [1.29, 1.82) is 0 Å². The minimum absolute atomic E-state index is 0.0959. The van der Waals surface area contributed by atoms with Crippen molar-refractivity contribution in [2.75, 3.05) is 33.5 Å². The van der Waals surface area contributed by atoms with E-state index < -0.39 is 23.8 Å². The van der Waals surface area contributed by atoms with Crippen molar-refractivity contribution < 1.29 is 38.8 Å². The average Bonchev–Trinajstić information content (AvgIpc) is 3.23. The van der Waals surface area contributed by atoms with E-state index in [1.165, 1.54) is 0 Å². The molecule has 1 fully saturated rings. The number of hydrogen-bond acceptors (Lipinski definition) is 9. The Hall–Kier alpha value is -4.90. The van der Waals surface area contributed by atoms with Crippen molar-refractivity contribution in [1.82, 2.24) is 4.90 Å². The molecule has 2 N–H and O–H groups in total. The third kappa shape index (κ3) is 9.20. The van der Waals surface area contributed by atoms with Crippen molar-refractivity contribution in [3.8, 4) is 11.5 Å². The minimum Gasteiger partial charge on any atom is -0.490 e. The van der Waals surface area contributed by atoms with Gasteiger partial charge in [-0.3, -0.25) is 0 Å². The molecule has 3 aromatic carbocycles. The van der Waals surface area contributed by atoms with Gasteiger partial charge in [-0.1, -0.05) is 103 Å². The van der Waals surface area contributed by atoms with Gasteiger partial charge in [-0.2, -0.15) is 0 Å². The summed E-state index contributed by atoms with van der Waals surface area (Å²) < 4.78 is 26.1. The van der Waals surface area contributed by atoms with E-state index in [2.05, 4.69) is 25.3 Å². The first-order valence-electron chi connectivity index (χ1n) is 19.9. The van der Waals surface area contributed by atoms with Gasteiger partial charge in [0, 0.05) is 38.2 Å². The Morgan fingerprint density at radius 1 is 0.911 bits per heavy atom. The summed E-state index contributed by atoms with van der Waals surface area (Å²) in [4.78, 5) is 21.8. The maximum absolute atomic E-state index is 14.1. The number of oxime groups is 1. The van der Waals surface area contributed by atoms with Gasteiger partial charge in [0.05, 0.1) is 18.2 Å². The second-order valence-electron chi connectivity index (χ2n) is 14.8. The second kappa shape index (κ2) is 19.8. The third-order valence-electron chi connectivity index (χ3n) is 11.2. The number of carbonyl (C=O) groups is 1. The van der Waals surface area contributed by atoms with E-state index in [1.54, 1.807) is 24.1 Å². The van der Waals surface area contributed by atoms with Gasteiger partial charge in [0.2, 0.25) is 5.79 Å². The lowest BCUT2D eigenvalue weighted by molar-refractivity contribution is -0.253. The van der Waals surface area contributed by atoms with Crippen molar-refractivity contribution >= 4 is 11.8 Å². The smallest absolute Gasteiger partial charge is 0.410 e. The predicted octanol–water partition coefficient (Wildman–Crippen LogP) is 8.35. The van der Waals surface area contributed by atoms with Crippen LogP contribution in [0.5, 0.6) is 11.5 Å². The molecule has 0 saturated heterocycles. The van der Waals surface area contributed by atoms with Gasteiger partial charge in [0.15, 0.2) is 0 Å². The lowest BCUT2D eigenvalue weighted by atomic mass is 9.55. The van der Waals surface area contributed by atoms with Crippen LogP contribution in [0.4, 0.5) is 4.79 Å². The fraction of sp³-hybridized carbons (Fsp3) is 0.435. The summed E-state index contributed by atoms with van der Waals surface area (Å²) in [5, 5.41) is 24.5. The Bertz CT molecular complexity index is 1810. The molecule has 1 amide bonds. The van der Waals surface area contributed by atoms with Crippen LogP contribution in [0.25, 0.3) is 0 Å². The van der Waals surface area contributed by atoms with E-state index in [9.17, 15) is 15.0 Å². The van der Waals surface area contributed by atoms with Gasteiger partial charge < -0.3 is 38.9 Å². The first kappa shape index (κ1) is 40.8. The molecular formula is C46H56N2O8. The molecule has 56 heavy (non-hydrogen) atoms. The lowest BCUT2D eigenvalue weighted by Gasteiger charge is -2.59. The number of fused-ring (bicyclic) bond motifs is 2. The van der Waals surface area contributed by atoms with Crippen LogP contribution >= 0.6 is 0 Å². The summed E-state index contributed by atoms with van der Waals surface area (Å²) >= 11 is 0. The number of benzene rings is 3. The van der Waals surface area contributed by atoms with Crippen LogP contribution in [0.15, 0.2) is 121 Å². The number of unbranched alkanes of at least 4 members (excludes halogenated alkanes) is 2. The quantitative estimate of drug-likeness (QED) is 0.0670. The van der Waals surface area contributed by atoms with Crippen LogP contribution in [-0.4, -0.2) is 72.2 Å². The number of nitrogens with zero attached hydrogens (tertiary/aromatic N) is 2. The summed E-state index contributed by atoms with van der Waals surface area (Å²) in [6, 6.07) is 24.7. The van der Waals surface area contributed by atoms with Crippen LogP contribution in [-0.2, 0) is 27.5 Å². The van der Waals surface area contributed by atoms with E-state index in [0.29, 0.717) is 36.7 Å². The molecule has 1 aliphatic heterocycles. The zero-order chi connectivity index (χ0) is 39.3. The van der Waals surface area contributed by atoms with E-state index in [0.717, 1.165) is 47.9 Å². The first-order valence-corrected chi connectivity index (χ1v) is 19.9. The van der Waals surface area contributed by atoms with Gasteiger partial charge in [-0.05, 0) is 72.4 Å².